The van der Waals surface area contributed by atoms with E-state index in [0.717, 1.165) is 0 Å². The molecule has 1 aromatic rings. The van der Waals surface area contributed by atoms with E-state index in [4.69, 9.17) is 9.47 Å². The maximum Gasteiger partial charge on any atom is 0.338 e. The zero-order valence-electron chi connectivity index (χ0n) is 8.10. The lowest BCUT2D eigenvalue weighted by molar-refractivity contribution is -0.135. The summed E-state index contributed by atoms with van der Waals surface area (Å²) in [4.78, 5) is 29.3. The molecule has 0 saturated heterocycles. The molecule has 0 spiro atoms. The Bertz CT molecular complexity index is 565. The van der Waals surface area contributed by atoms with Crippen LogP contribution in [0.5, 0.6) is 11.5 Å². The molecule has 6 heteroatoms. The van der Waals surface area contributed by atoms with Crippen LogP contribution in [0.15, 0.2) is 22.1 Å². The first-order chi connectivity index (χ1) is 7.74. The number of nitrogens with zero attached hydrogens (tertiary/aromatic N) is 2. The molecule has 2 aliphatic rings. The quantitative estimate of drug-likeness (QED) is 0.510. The summed E-state index contributed by atoms with van der Waals surface area (Å²) in [7, 11) is 0. The van der Waals surface area contributed by atoms with Crippen molar-refractivity contribution < 1.29 is 19.1 Å². The summed E-state index contributed by atoms with van der Waals surface area (Å²) in [5, 5.41) is 0.683. The average molecular weight is 218 g/mol. The highest BCUT2D eigenvalue weighted by Gasteiger charge is 2.18. The third-order valence-corrected chi connectivity index (χ3v) is 2.27. The highest BCUT2D eigenvalue weighted by molar-refractivity contribution is 6.36. The number of fused-ring (bicyclic) bond motifs is 2. The molecule has 2 aliphatic heterocycles. The highest BCUT2D eigenvalue weighted by Crippen LogP contribution is 2.26. The lowest BCUT2D eigenvalue weighted by Crippen LogP contribution is -2.35. The van der Waals surface area contributed by atoms with Gasteiger partial charge in [-0.15, -0.1) is 0 Å². The Balaban J connectivity index is 2.30. The number of carbonyl (C=O) groups excluding carboxylic acids is 2. The van der Waals surface area contributed by atoms with Crippen LogP contribution in [0, 0.1) is 0 Å². The molecule has 80 valence electrons. The maximum atomic E-state index is 11.0. The Hall–Kier alpha value is -2.24. The number of amides is 2. The number of carbonyl (C=O) groups is 2. The van der Waals surface area contributed by atoms with Crippen molar-refractivity contribution in [2.75, 3.05) is 13.2 Å². The first kappa shape index (κ1) is 9.02. The predicted molar refractivity (Wildman–Crippen MR) is 49.8 cm³/mol. The third-order valence-electron chi connectivity index (χ3n) is 2.27. The van der Waals surface area contributed by atoms with Gasteiger partial charge in [0.2, 0.25) is 0 Å². The van der Waals surface area contributed by atoms with Crippen LogP contribution in [0.1, 0.15) is 0 Å². The zero-order chi connectivity index (χ0) is 11.1. The second-order valence-electron chi connectivity index (χ2n) is 3.32. The Morgan fingerprint density at radius 3 is 1.75 bits per heavy atom. The van der Waals surface area contributed by atoms with Gasteiger partial charge in [0.1, 0.15) is 13.2 Å². The molecule has 0 saturated carbocycles. The molecule has 1 aromatic carbocycles. The highest BCUT2D eigenvalue weighted by atomic mass is 16.6. The molecule has 0 aliphatic carbocycles. The monoisotopic (exact) mass is 218 g/mol. The summed E-state index contributed by atoms with van der Waals surface area (Å²) in [6.45, 7) is 0.908. The van der Waals surface area contributed by atoms with Gasteiger partial charge in [0.25, 0.3) is 0 Å². The van der Waals surface area contributed by atoms with Crippen molar-refractivity contribution in [1.82, 2.24) is 0 Å². The Morgan fingerprint density at radius 2 is 1.31 bits per heavy atom. The molecule has 2 amide bonds. The van der Waals surface area contributed by atoms with E-state index in [1.807, 2.05) is 0 Å². The van der Waals surface area contributed by atoms with E-state index in [9.17, 15) is 9.59 Å². The largest absolute Gasteiger partial charge is 0.486 e. The molecule has 0 bridgehead atoms. The molecule has 0 radical (unpaired) electrons. The summed E-state index contributed by atoms with van der Waals surface area (Å²) in [6.07, 6.45) is 0. The Morgan fingerprint density at radius 1 is 0.875 bits per heavy atom. The fourth-order valence-electron chi connectivity index (χ4n) is 1.56. The molecule has 6 nitrogen and oxygen atoms in total. The zero-order valence-corrected chi connectivity index (χ0v) is 8.10. The van der Waals surface area contributed by atoms with Gasteiger partial charge in [-0.05, 0) is 0 Å². The summed E-state index contributed by atoms with van der Waals surface area (Å²) in [5.41, 5.74) is 0. The van der Waals surface area contributed by atoms with Gasteiger partial charge < -0.3 is 9.47 Å². The van der Waals surface area contributed by atoms with Crippen molar-refractivity contribution in [3.63, 3.8) is 0 Å². The van der Waals surface area contributed by atoms with Gasteiger partial charge in [0.15, 0.2) is 11.5 Å². The van der Waals surface area contributed by atoms with Crippen LogP contribution in [0.2, 0.25) is 0 Å². The van der Waals surface area contributed by atoms with Crippen molar-refractivity contribution in [1.29, 1.82) is 0 Å². The van der Waals surface area contributed by atoms with E-state index in [-0.39, 0.29) is 0 Å². The van der Waals surface area contributed by atoms with E-state index >= 15 is 0 Å². The number of hydrogen-bond acceptors (Lipinski definition) is 4. The van der Waals surface area contributed by atoms with E-state index in [1.54, 1.807) is 12.1 Å². The normalized spacial score (nSPS) is 17.2. The number of rotatable bonds is 0. The second-order valence-corrected chi connectivity index (χ2v) is 3.32. The molecule has 0 atom stereocenters. The minimum atomic E-state index is -0.857. The smallest absolute Gasteiger partial charge is 0.338 e. The number of ether oxygens (including phenoxy) is 2. The van der Waals surface area contributed by atoms with Crippen molar-refractivity contribution in [2.45, 2.75) is 0 Å². The standard InChI is InChI=1S/C10H6N2O4/c13-9-10(14)12-6-4-8-7(3-5(6)11-9)15-1-2-16-8/h3-4H,1-2H2. The van der Waals surface area contributed by atoms with Gasteiger partial charge in [-0.1, -0.05) is 0 Å². The van der Waals surface area contributed by atoms with E-state index in [2.05, 4.69) is 9.98 Å². The van der Waals surface area contributed by atoms with Crippen LogP contribution in [-0.2, 0) is 9.59 Å². The fourth-order valence-corrected chi connectivity index (χ4v) is 1.56. The summed E-state index contributed by atoms with van der Waals surface area (Å²) in [6, 6.07) is 3.11. The van der Waals surface area contributed by atoms with Gasteiger partial charge in [-0.25, -0.2) is 9.98 Å². The van der Waals surface area contributed by atoms with Crippen LogP contribution < -0.4 is 20.2 Å². The molecular formula is C10H6N2O4. The number of hydrogen-bond donors (Lipinski definition) is 0. The van der Waals surface area contributed by atoms with Crippen LogP contribution >= 0.6 is 0 Å². The molecule has 0 aromatic heterocycles. The summed E-state index contributed by atoms with van der Waals surface area (Å²) >= 11 is 0. The van der Waals surface area contributed by atoms with E-state index < -0.39 is 11.8 Å². The van der Waals surface area contributed by atoms with Gasteiger partial charge >= 0.3 is 11.8 Å². The van der Waals surface area contributed by atoms with Crippen LogP contribution in [-0.4, -0.2) is 25.0 Å². The fraction of sp³-hybridized carbons (Fsp3) is 0.200. The second kappa shape index (κ2) is 3.13. The van der Waals surface area contributed by atoms with Gasteiger partial charge in [0, 0.05) is 12.1 Å². The first-order valence-electron chi connectivity index (χ1n) is 4.69. The molecule has 0 fully saturated rings. The first-order valence-corrected chi connectivity index (χ1v) is 4.69. The predicted octanol–water partition coefficient (Wildman–Crippen LogP) is -1.24. The minimum Gasteiger partial charge on any atom is -0.486 e. The SMILES string of the molecule is O=C1N=c2cc3c(cc2=NC1=O)OCCO3. The Labute approximate surface area is 89.2 Å². The lowest BCUT2D eigenvalue weighted by Gasteiger charge is -2.17. The summed E-state index contributed by atoms with van der Waals surface area (Å²) < 4.78 is 10.7. The van der Waals surface area contributed by atoms with Gasteiger partial charge in [-0.3, -0.25) is 9.59 Å². The molecule has 0 unspecified atom stereocenters. The van der Waals surface area contributed by atoms with Crippen molar-refractivity contribution in [3.05, 3.63) is 22.8 Å². The Kier molecular flexibility index (Phi) is 1.76. The minimum absolute atomic E-state index is 0.342. The van der Waals surface area contributed by atoms with Crippen molar-refractivity contribution in [3.8, 4) is 11.5 Å². The average Bonchev–Trinajstić information content (AvgIpc) is 2.28. The van der Waals surface area contributed by atoms with Gasteiger partial charge in [0.05, 0.1) is 10.7 Å². The van der Waals surface area contributed by atoms with Crippen molar-refractivity contribution in [2.24, 2.45) is 9.98 Å². The maximum absolute atomic E-state index is 11.0. The molecule has 0 N–H and O–H groups in total. The summed E-state index contributed by atoms with van der Waals surface area (Å²) in [5.74, 6) is -0.675. The van der Waals surface area contributed by atoms with E-state index in [1.165, 1.54) is 0 Å². The molecule has 2 heterocycles. The van der Waals surface area contributed by atoms with E-state index in [0.29, 0.717) is 35.4 Å². The third kappa shape index (κ3) is 1.27. The molecule has 16 heavy (non-hydrogen) atoms. The van der Waals surface area contributed by atoms with Crippen molar-refractivity contribution >= 4 is 11.8 Å². The van der Waals surface area contributed by atoms with Crippen LogP contribution in [0.3, 0.4) is 0 Å². The van der Waals surface area contributed by atoms with Crippen LogP contribution in [0.4, 0.5) is 0 Å². The molecule has 3 rings (SSSR count). The van der Waals surface area contributed by atoms with Gasteiger partial charge in [-0.2, -0.15) is 0 Å². The lowest BCUT2D eigenvalue weighted by atomic mass is 10.2. The number of benzene rings is 1. The topological polar surface area (TPSA) is 77.3 Å². The van der Waals surface area contributed by atoms with Crippen LogP contribution in [0.25, 0.3) is 0 Å². The molecular weight excluding hydrogens is 212 g/mol.